The van der Waals surface area contributed by atoms with Crippen molar-refractivity contribution < 1.29 is 0 Å². The van der Waals surface area contributed by atoms with Gasteiger partial charge in [-0.3, -0.25) is 0 Å². The van der Waals surface area contributed by atoms with Crippen molar-refractivity contribution in [3.8, 4) is 0 Å². The van der Waals surface area contributed by atoms with E-state index in [4.69, 9.17) is 0 Å². The molecule has 1 heterocycles. The fourth-order valence-corrected chi connectivity index (χ4v) is 7.78. The minimum Gasteiger partial charge on any atom is -0.356 e. The predicted octanol–water partition coefficient (Wildman–Crippen LogP) is 15.9. The molecule has 0 amide bonds. The smallest absolute Gasteiger partial charge is 0.101 e. The van der Waals surface area contributed by atoms with Gasteiger partial charge >= 0.3 is 0 Å². The number of rotatable bonds is 39. The summed E-state index contributed by atoms with van der Waals surface area (Å²) in [5, 5.41) is 0. The molecule has 0 aromatic heterocycles. The standard InChI is InChI=1S/C45H90N2/c1-4-7-10-13-16-18-20-22-24-26-28-30-33-36-39-42-47-44-43-46(41-38-35-32-15-12-9-6-3)45(47)40-37-34-31-29-27-25-23-21-19-17-14-11-8-5-2/h43-45H,4-42H2,1-3H3. The van der Waals surface area contributed by atoms with Crippen LogP contribution in [0.15, 0.2) is 12.4 Å². The maximum Gasteiger partial charge on any atom is 0.101 e. The van der Waals surface area contributed by atoms with E-state index in [0.29, 0.717) is 6.17 Å². The van der Waals surface area contributed by atoms with E-state index in [2.05, 4.69) is 43.0 Å². The normalized spacial score (nSPS) is 14.7. The van der Waals surface area contributed by atoms with E-state index in [-0.39, 0.29) is 0 Å². The van der Waals surface area contributed by atoms with Gasteiger partial charge in [-0.1, -0.05) is 233 Å². The Morgan fingerprint density at radius 2 is 0.489 bits per heavy atom. The quantitative estimate of drug-likeness (QED) is 0.0606. The third kappa shape index (κ3) is 28.8. The Morgan fingerprint density at radius 1 is 0.277 bits per heavy atom. The largest absolute Gasteiger partial charge is 0.356 e. The summed E-state index contributed by atoms with van der Waals surface area (Å²) >= 11 is 0. The SMILES string of the molecule is CCCCCCCCCCCCCCCCCN1C=CN(CCCCCCCCC)C1CCCCCCCCCCCCCCCC. The zero-order valence-electron chi connectivity index (χ0n) is 33.2. The highest BCUT2D eigenvalue weighted by atomic mass is 15.4. The molecule has 0 saturated carbocycles. The molecule has 0 saturated heterocycles. The van der Waals surface area contributed by atoms with E-state index in [1.165, 1.54) is 251 Å². The molecule has 0 spiro atoms. The van der Waals surface area contributed by atoms with E-state index in [9.17, 15) is 0 Å². The van der Waals surface area contributed by atoms with E-state index in [1.54, 1.807) is 0 Å². The maximum absolute atomic E-state index is 2.73. The first-order valence-electron chi connectivity index (χ1n) is 22.5. The summed E-state index contributed by atoms with van der Waals surface area (Å²) in [7, 11) is 0. The third-order valence-electron chi connectivity index (χ3n) is 11.1. The Hall–Kier alpha value is -0.660. The van der Waals surface area contributed by atoms with Gasteiger partial charge in [0.1, 0.15) is 6.17 Å². The monoisotopic (exact) mass is 659 g/mol. The second-order valence-corrected chi connectivity index (χ2v) is 15.7. The van der Waals surface area contributed by atoms with Crippen LogP contribution in [0.1, 0.15) is 258 Å². The van der Waals surface area contributed by atoms with E-state index in [0.717, 1.165) is 0 Å². The lowest BCUT2D eigenvalue weighted by atomic mass is 10.0. The Labute approximate surface area is 299 Å². The lowest BCUT2D eigenvalue weighted by Gasteiger charge is -2.33. The number of hydrogen-bond donors (Lipinski definition) is 0. The first-order valence-corrected chi connectivity index (χ1v) is 22.5. The second-order valence-electron chi connectivity index (χ2n) is 15.7. The minimum atomic E-state index is 0.638. The van der Waals surface area contributed by atoms with Gasteiger partial charge in [-0.25, -0.2) is 0 Å². The molecule has 0 bridgehead atoms. The van der Waals surface area contributed by atoms with E-state index < -0.39 is 0 Å². The molecule has 0 aliphatic carbocycles. The topological polar surface area (TPSA) is 6.48 Å². The third-order valence-corrected chi connectivity index (χ3v) is 11.1. The van der Waals surface area contributed by atoms with Crippen LogP contribution in [-0.4, -0.2) is 29.1 Å². The zero-order valence-corrected chi connectivity index (χ0v) is 33.2. The summed E-state index contributed by atoms with van der Waals surface area (Å²) in [6.07, 6.45) is 58.9. The lowest BCUT2D eigenvalue weighted by Crippen LogP contribution is -2.39. The van der Waals surface area contributed by atoms with Crippen molar-refractivity contribution in [2.24, 2.45) is 0 Å². The molecule has 0 fully saturated rings. The molecule has 1 rings (SSSR count). The minimum absolute atomic E-state index is 0.638. The highest BCUT2D eigenvalue weighted by Crippen LogP contribution is 2.24. The van der Waals surface area contributed by atoms with Gasteiger partial charge in [0.2, 0.25) is 0 Å². The van der Waals surface area contributed by atoms with E-state index in [1.807, 2.05) is 0 Å². The predicted molar refractivity (Wildman–Crippen MR) is 214 cm³/mol. The fourth-order valence-electron chi connectivity index (χ4n) is 7.78. The molecule has 1 unspecified atom stereocenters. The van der Waals surface area contributed by atoms with Gasteiger partial charge in [-0.2, -0.15) is 0 Å². The Balaban J connectivity index is 2.16. The Morgan fingerprint density at radius 3 is 0.745 bits per heavy atom. The zero-order chi connectivity index (χ0) is 33.7. The molecule has 1 atom stereocenters. The van der Waals surface area contributed by atoms with Crippen molar-refractivity contribution in [1.29, 1.82) is 0 Å². The highest BCUT2D eigenvalue weighted by Gasteiger charge is 2.24. The van der Waals surface area contributed by atoms with Crippen LogP contribution in [0, 0.1) is 0 Å². The summed E-state index contributed by atoms with van der Waals surface area (Å²) in [6, 6.07) is 0. The van der Waals surface area contributed by atoms with Crippen LogP contribution in [-0.2, 0) is 0 Å². The fraction of sp³-hybridized carbons (Fsp3) is 0.956. The molecule has 1 aliphatic rings. The van der Waals surface area contributed by atoms with Gasteiger partial charge in [-0.05, 0) is 25.7 Å². The number of nitrogens with zero attached hydrogens (tertiary/aromatic N) is 2. The first-order chi connectivity index (χ1) is 23.3. The molecule has 280 valence electrons. The lowest BCUT2D eigenvalue weighted by molar-refractivity contribution is 0.135. The first kappa shape index (κ1) is 44.4. The van der Waals surface area contributed by atoms with Crippen molar-refractivity contribution in [1.82, 2.24) is 9.80 Å². The van der Waals surface area contributed by atoms with Crippen LogP contribution < -0.4 is 0 Å². The molecule has 0 aromatic rings. The van der Waals surface area contributed by atoms with Crippen molar-refractivity contribution in [3.05, 3.63) is 12.4 Å². The van der Waals surface area contributed by atoms with Gasteiger partial charge in [0.15, 0.2) is 0 Å². The molecule has 2 heteroatoms. The molecule has 2 nitrogen and oxygen atoms in total. The van der Waals surface area contributed by atoms with Crippen LogP contribution >= 0.6 is 0 Å². The average molecular weight is 659 g/mol. The number of hydrogen-bond acceptors (Lipinski definition) is 2. The van der Waals surface area contributed by atoms with Crippen LogP contribution in [0.25, 0.3) is 0 Å². The molecule has 0 aromatic carbocycles. The summed E-state index contributed by atoms with van der Waals surface area (Å²) in [5.74, 6) is 0. The van der Waals surface area contributed by atoms with Gasteiger partial charge in [-0.15, -0.1) is 0 Å². The maximum atomic E-state index is 2.73. The van der Waals surface area contributed by atoms with Crippen molar-refractivity contribution in [2.45, 2.75) is 265 Å². The molecule has 0 radical (unpaired) electrons. The molecule has 47 heavy (non-hydrogen) atoms. The van der Waals surface area contributed by atoms with Crippen molar-refractivity contribution in [3.63, 3.8) is 0 Å². The second kappa shape index (κ2) is 36.6. The van der Waals surface area contributed by atoms with Crippen molar-refractivity contribution >= 4 is 0 Å². The van der Waals surface area contributed by atoms with Crippen LogP contribution in [0.2, 0.25) is 0 Å². The molecular weight excluding hydrogens is 569 g/mol. The summed E-state index contributed by atoms with van der Waals surface area (Å²) < 4.78 is 0. The van der Waals surface area contributed by atoms with Gasteiger partial charge in [0, 0.05) is 25.5 Å². The van der Waals surface area contributed by atoms with Gasteiger partial charge in [0.25, 0.3) is 0 Å². The molecule has 1 aliphatic heterocycles. The molecular formula is C45H90N2. The number of unbranched alkanes of at least 4 members (excludes halogenated alkanes) is 33. The van der Waals surface area contributed by atoms with Crippen molar-refractivity contribution in [2.75, 3.05) is 13.1 Å². The van der Waals surface area contributed by atoms with Crippen LogP contribution in [0.4, 0.5) is 0 Å². The average Bonchev–Trinajstić information content (AvgIpc) is 3.47. The van der Waals surface area contributed by atoms with E-state index >= 15 is 0 Å². The summed E-state index contributed by atoms with van der Waals surface area (Å²) in [4.78, 5) is 5.45. The van der Waals surface area contributed by atoms with Gasteiger partial charge < -0.3 is 9.80 Å². The van der Waals surface area contributed by atoms with Crippen LogP contribution in [0.3, 0.4) is 0 Å². The summed E-state index contributed by atoms with van der Waals surface area (Å²) in [6.45, 7) is 9.49. The van der Waals surface area contributed by atoms with Crippen LogP contribution in [0.5, 0.6) is 0 Å². The Bertz CT molecular complexity index is 615. The molecule has 0 N–H and O–H groups in total. The van der Waals surface area contributed by atoms with Gasteiger partial charge in [0.05, 0.1) is 0 Å². The summed E-state index contributed by atoms with van der Waals surface area (Å²) in [5.41, 5.74) is 0. The Kier molecular flexibility index (Phi) is 34.6. The highest BCUT2D eigenvalue weighted by molar-refractivity contribution is 4.97.